The zero-order valence-corrected chi connectivity index (χ0v) is 17.3. The van der Waals surface area contributed by atoms with Gasteiger partial charge in [-0.05, 0) is 55.0 Å². The number of nitrogens with two attached hydrogens (primary N) is 2. The van der Waals surface area contributed by atoms with Crippen LogP contribution >= 0.6 is 11.3 Å². The van der Waals surface area contributed by atoms with Gasteiger partial charge >= 0.3 is 0 Å². The Balaban J connectivity index is 2.03. The summed E-state index contributed by atoms with van der Waals surface area (Å²) < 4.78 is 18.5. The number of nitrogens with zero attached hydrogens (tertiary/aromatic N) is 2. The second-order valence-corrected chi connectivity index (χ2v) is 7.42. The third-order valence-electron chi connectivity index (χ3n) is 4.54. The molecule has 1 amide bonds. The number of methoxy groups -OCH3 is 1. The molecule has 1 unspecified atom stereocenters. The van der Waals surface area contributed by atoms with Crippen LogP contribution in [0.2, 0.25) is 0 Å². The van der Waals surface area contributed by atoms with Gasteiger partial charge in [-0.2, -0.15) is 0 Å². The fourth-order valence-electron chi connectivity index (χ4n) is 3.00. The van der Waals surface area contributed by atoms with Gasteiger partial charge in [0, 0.05) is 11.3 Å². The molecule has 1 heterocycles. The Morgan fingerprint density at radius 3 is 2.33 bits per heavy atom. The Morgan fingerprint density at radius 1 is 1.17 bits per heavy atom. The molecule has 0 aliphatic carbocycles. The molecule has 0 spiro atoms. The number of anilines is 3. The largest absolute Gasteiger partial charge is 0.497 e. The number of nitrogen functional groups attached to an aromatic ring is 1. The van der Waals surface area contributed by atoms with Crippen molar-refractivity contribution in [1.29, 1.82) is 0 Å². The number of amides is 1. The molecule has 1 atom stereocenters. The molecule has 0 radical (unpaired) electrons. The maximum atomic E-state index is 13.4. The van der Waals surface area contributed by atoms with Crippen LogP contribution in [0.4, 0.5) is 21.0 Å². The van der Waals surface area contributed by atoms with Crippen molar-refractivity contribution in [3.63, 3.8) is 0 Å². The van der Waals surface area contributed by atoms with Crippen LogP contribution in [0.25, 0.3) is 0 Å². The average Bonchev–Trinajstić information content (AvgIpc) is 3.13. The van der Waals surface area contributed by atoms with Crippen molar-refractivity contribution in [2.75, 3.05) is 17.7 Å². The van der Waals surface area contributed by atoms with Gasteiger partial charge in [-0.15, -0.1) is 0 Å². The van der Waals surface area contributed by atoms with Crippen molar-refractivity contribution in [3.05, 3.63) is 64.8 Å². The van der Waals surface area contributed by atoms with E-state index in [0.717, 1.165) is 11.3 Å². The predicted molar refractivity (Wildman–Crippen MR) is 115 cm³/mol. The van der Waals surface area contributed by atoms with E-state index in [9.17, 15) is 14.0 Å². The Bertz CT molecular complexity index is 1050. The molecule has 156 valence electrons. The molecule has 3 rings (SSSR count). The van der Waals surface area contributed by atoms with Gasteiger partial charge < -0.3 is 21.1 Å². The van der Waals surface area contributed by atoms with Crippen LogP contribution in [0.3, 0.4) is 0 Å². The minimum atomic E-state index is -0.745. The normalized spacial score (nSPS) is 11.7. The van der Waals surface area contributed by atoms with E-state index in [2.05, 4.69) is 4.98 Å². The average molecular weight is 428 g/mol. The van der Waals surface area contributed by atoms with Crippen molar-refractivity contribution >= 4 is 39.7 Å². The van der Waals surface area contributed by atoms with Gasteiger partial charge in [-0.1, -0.05) is 18.3 Å². The smallest absolute Gasteiger partial charge is 0.240 e. The minimum absolute atomic E-state index is 0.0438. The standard InChI is InChI=1S/C21H21FN4O3S/c1-3-16(20(24)28)26(14-8-6-13(22)7-9-14)21-25-19(23)18(30-21)17(27)12-4-10-15(29-2)11-5-12/h4-11,16H,3,23H2,1-2H3,(H2,24,28). The van der Waals surface area contributed by atoms with Crippen molar-refractivity contribution in [1.82, 2.24) is 4.98 Å². The highest BCUT2D eigenvalue weighted by Gasteiger charge is 2.29. The van der Waals surface area contributed by atoms with E-state index < -0.39 is 17.8 Å². The first-order valence-electron chi connectivity index (χ1n) is 9.14. The first-order chi connectivity index (χ1) is 14.3. The number of primary amides is 1. The molecule has 1 aromatic heterocycles. The number of hydrogen-bond donors (Lipinski definition) is 2. The Hall–Kier alpha value is -3.46. The number of rotatable bonds is 8. The fraction of sp³-hybridized carbons (Fsp3) is 0.190. The first kappa shape index (κ1) is 21.3. The first-order valence-corrected chi connectivity index (χ1v) is 9.96. The monoisotopic (exact) mass is 428 g/mol. The van der Waals surface area contributed by atoms with Gasteiger partial charge in [0.1, 0.15) is 28.3 Å². The summed E-state index contributed by atoms with van der Waals surface area (Å²) in [6, 6.07) is 11.5. The molecule has 30 heavy (non-hydrogen) atoms. The number of carbonyl (C=O) groups excluding carboxylic acids is 2. The van der Waals surface area contributed by atoms with E-state index in [1.807, 2.05) is 0 Å². The van der Waals surface area contributed by atoms with Gasteiger partial charge in [0.05, 0.1) is 7.11 Å². The van der Waals surface area contributed by atoms with Crippen molar-refractivity contribution in [3.8, 4) is 5.75 Å². The molecule has 0 bridgehead atoms. The predicted octanol–water partition coefficient (Wildman–Crippen LogP) is 3.51. The Morgan fingerprint density at radius 2 is 1.80 bits per heavy atom. The number of benzene rings is 2. The van der Waals surface area contributed by atoms with Crippen LogP contribution in [0, 0.1) is 5.82 Å². The summed E-state index contributed by atoms with van der Waals surface area (Å²) in [4.78, 5) is 31.1. The Labute approximate surface area is 177 Å². The molecule has 0 fully saturated rings. The second-order valence-electron chi connectivity index (χ2n) is 6.44. The highest BCUT2D eigenvalue weighted by Crippen LogP contribution is 2.36. The summed E-state index contributed by atoms with van der Waals surface area (Å²) in [6.07, 6.45) is 0.383. The second kappa shape index (κ2) is 8.91. The van der Waals surface area contributed by atoms with E-state index in [-0.39, 0.29) is 16.5 Å². The van der Waals surface area contributed by atoms with Crippen LogP contribution in [0.15, 0.2) is 48.5 Å². The summed E-state index contributed by atoms with van der Waals surface area (Å²) in [6.45, 7) is 1.80. The zero-order valence-electron chi connectivity index (χ0n) is 16.5. The highest BCUT2D eigenvalue weighted by atomic mass is 32.1. The van der Waals surface area contributed by atoms with Gasteiger partial charge in [-0.25, -0.2) is 9.37 Å². The van der Waals surface area contributed by atoms with E-state index in [1.54, 1.807) is 36.1 Å². The third-order valence-corrected chi connectivity index (χ3v) is 5.61. The summed E-state index contributed by atoms with van der Waals surface area (Å²) in [5.41, 5.74) is 12.6. The molecular formula is C21H21FN4O3S. The van der Waals surface area contributed by atoms with Crippen LogP contribution in [-0.4, -0.2) is 29.8 Å². The number of aromatic nitrogens is 1. The maximum Gasteiger partial charge on any atom is 0.240 e. The molecule has 0 saturated carbocycles. The number of hydrogen-bond acceptors (Lipinski definition) is 7. The molecule has 2 aromatic carbocycles. The third kappa shape index (κ3) is 4.25. The topological polar surface area (TPSA) is 112 Å². The maximum absolute atomic E-state index is 13.4. The summed E-state index contributed by atoms with van der Waals surface area (Å²) in [5, 5.41) is 0.321. The molecule has 0 aliphatic heterocycles. The Kier molecular flexibility index (Phi) is 6.31. The molecule has 3 aromatic rings. The van der Waals surface area contributed by atoms with Crippen LogP contribution in [0.5, 0.6) is 5.75 Å². The molecule has 0 aliphatic rings. The lowest BCUT2D eigenvalue weighted by molar-refractivity contribution is -0.119. The number of thiazole rings is 1. The number of ketones is 1. The van der Waals surface area contributed by atoms with Crippen molar-refractivity contribution in [2.24, 2.45) is 5.73 Å². The minimum Gasteiger partial charge on any atom is -0.497 e. The summed E-state index contributed by atoms with van der Waals surface area (Å²) >= 11 is 1.05. The van der Waals surface area contributed by atoms with Gasteiger partial charge in [0.2, 0.25) is 11.7 Å². The molecular weight excluding hydrogens is 407 g/mol. The van der Waals surface area contributed by atoms with Gasteiger partial charge in [0.15, 0.2) is 5.13 Å². The van der Waals surface area contributed by atoms with Gasteiger partial charge in [0.25, 0.3) is 0 Å². The van der Waals surface area contributed by atoms with Crippen molar-refractivity contribution < 1.29 is 18.7 Å². The fourth-order valence-corrected chi connectivity index (χ4v) is 4.01. The molecule has 4 N–H and O–H groups in total. The van der Waals surface area contributed by atoms with Crippen LogP contribution in [0.1, 0.15) is 28.6 Å². The number of ether oxygens (including phenoxy) is 1. The SMILES string of the molecule is CCC(C(N)=O)N(c1ccc(F)cc1)c1nc(N)c(C(=O)c2ccc(OC)cc2)s1. The van der Waals surface area contributed by atoms with E-state index in [4.69, 9.17) is 16.2 Å². The lowest BCUT2D eigenvalue weighted by atomic mass is 10.1. The molecule has 0 saturated heterocycles. The lowest BCUT2D eigenvalue weighted by Gasteiger charge is -2.28. The lowest BCUT2D eigenvalue weighted by Crippen LogP contribution is -2.41. The number of halogens is 1. The van der Waals surface area contributed by atoms with Crippen LogP contribution in [-0.2, 0) is 4.79 Å². The summed E-state index contributed by atoms with van der Waals surface area (Å²) in [5.74, 6) is -0.620. The van der Waals surface area contributed by atoms with E-state index >= 15 is 0 Å². The molecule has 9 heteroatoms. The highest BCUT2D eigenvalue weighted by molar-refractivity contribution is 7.18. The summed E-state index contributed by atoms with van der Waals surface area (Å²) in [7, 11) is 1.54. The van der Waals surface area contributed by atoms with Crippen molar-refractivity contribution in [2.45, 2.75) is 19.4 Å². The van der Waals surface area contributed by atoms with Crippen LogP contribution < -0.4 is 21.1 Å². The molecule has 7 nitrogen and oxygen atoms in total. The van der Waals surface area contributed by atoms with E-state index in [0.29, 0.717) is 28.6 Å². The number of carbonyl (C=O) groups is 2. The van der Waals surface area contributed by atoms with E-state index in [1.165, 1.54) is 31.4 Å². The van der Waals surface area contributed by atoms with Gasteiger partial charge in [-0.3, -0.25) is 9.59 Å². The zero-order chi connectivity index (χ0) is 21.8. The quantitative estimate of drug-likeness (QED) is 0.531.